The molecule has 0 bridgehead atoms. The van der Waals surface area contributed by atoms with Gasteiger partial charge in [0, 0.05) is 5.39 Å². The van der Waals surface area contributed by atoms with Crippen molar-refractivity contribution in [3.8, 4) is 5.75 Å². The van der Waals surface area contributed by atoms with E-state index in [9.17, 15) is 5.11 Å². The molecule has 0 heterocycles. The molecule has 1 saturated carbocycles. The van der Waals surface area contributed by atoms with Crippen LogP contribution in [-0.4, -0.2) is 18.3 Å². The molecule has 0 unspecified atom stereocenters. The number of ether oxygens (including phenoxy) is 1. The molecular formula is C18H24ClNO2. The molecule has 0 radical (unpaired) electrons. The van der Waals surface area contributed by atoms with Crippen molar-refractivity contribution in [2.75, 3.05) is 7.11 Å². The van der Waals surface area contributed by atoms with Gasteiger partial charge in [0.25, 0.3) is 0 Å². The molecule has 120 valence electrons. The molecule has 0 aromatic heterocycles. The second kappa shape index (κ2) is 7.32. The van der Waals surface area contributed by atoms with Crippen molar-refractivity contribution < 1.29 is 9.84 Å². The molecule has 2 atom stereocenters. The SMILES string of the molecule is COc1ccc([C@@H](N)[C@@H](O)C2CCCC2)c2ccccc12.Cl. The number of aliphatic hydroxyl groups excluding tert-OH is 1. The number of aliphatic hydroxyl groups is 1. The van der Waals surface area contributed by atoms with Gasteiger partial charge in [0.2, 0.25) is 0 Å². The van der Waals surface area contributed by atoms with Crippen LogP contribution >= 0.6 is 12.4 Å². The molecule has 22 heavy (non-hydrogen) atoms. The lowest BCUT2D eigenvalue weighted by molar-refractivity contribution is 0.0849. The van der Waals surface area contributed by atoms with Crippen molar-refractivity contribution in [3.63, 3.8) is 0 Å². The van der Waals surface area contributed by atoms with Crippen LogP contribution < -0.4 is 10.5 Å². The first-order valence-electron chi connectivity index (χ1n) is 7.71. The van der Waals surface area contributed by atoms with Gasteiger partial charge in [-0.05, 0) is 35.8 Å². The van der Waals surface area contributed by atoms with Crippen molar-refractivity contribution in [2.24, 2.45) is 11.7 Å². The van der Waals surface area contributed by atoms with E-state index in [1.165, 1.54) is 12.8 Å². The van der Waals surface area contributed by atoms with E-state index >= 15 is 0 Å². The molecule has 1 aliphatic rings. The Kier molecular flexibility index (Phi) is 5.68. The molecule has 3 rings (SSSR count). The van der Waals surface area contributed by atoms with Crippen LogP contribution in [0.1, 0.15) is 37.3 Å². The van der Waals surface area contributed by atoms with Crippen LogP contribution in [0.15, 0.2) is 36.4 Å². The van der Waals surface area contributed by atoms with Crippen molar-refractivity contribution in [3.05, 3.63) is 42.0 Å². The second-order valence-corrected chi connectivity index (χ2v) is 5.96. The number of fused-ring (bicyclic) bond motifs is 1. The summed E-state index contributed by atoms with van der Waals surface area (Å²) in [7, 11) is 1.68. The Morgan fingerprint density at radius 2 is 1.73 bits per heavy atom. The maximum Gasteiger partial charge on any atom is 0.126 e. The average Bonchev–Trinajstić information content (AvgIpc) is 3.07. The van der Waals surface area contributed by atoms with Crippen LogP contribution in [0.25, 0.3) is 10.8 Å². The predicted molar refractivity (Wildman–Crippen MR) is 92.6 cm³/mol. The number of benzene rings is 2. The Bertz CT molecular complexity index is 626. The van der Waals surface area contributed by atoms with Crippen molar-refractivity contribution >= 4 is 23.2 Å². The van der Waals surface area contributed by atoms with E-state index in [1.807, 2.05) is 30.3 Å². The summed E-state index contributed by atoms with van der Waals surface area (Å²) in [4.78, 5) is 0. The van der Waals surface area contributed by atoms with E-state index in [1.54, 1.807) is 7.11 Å². The standard InChI is InChI=1S/C18H23NO2.ClH/c1-21-16-11-10-15(13-8-4-5-9-14(13)16)17(19)18(20)12-6-2-3-7-12;/h4-5,8-12,17-18,20H,2-3,6-7,19H2,1H3;1H/t17-,18+;/m1./s1. The third kappa shape index (κ3) is 3.07. The molecule has 2 aromatic carbocycles. The van der Waals surface area contributed by atoms with E-state index < -0.39 is 6.10 Å². The van der Waals surface area contributed by atoms with Crippen LogP contribution in [0.5, 0.6) is 5.75 Å². The second-order valence-electron chi connectivity index (χ2n) is 5.96. The lowest BCUT2D eigenvalue weighted by Crippen LogP contribution is -2.32. The van der Waals surface area contributed by atoms with Gasteiger partial charge in [0.15, 0.2) is 0 Å². The van der Waals surface area contributed by atoms with Crippen LogP contribution in [0.4, 0.5) is 0 Å². The average molecular weight is 322 g/mol. The first-order valence-corrected chi connectivity index (χ1v) is 7.71. The fraction of sp³-hybridized carbons (Fsp3) is 0.444. The summed E-state index contributed by atoms with van der Waals surface area (Å²) in [5.74, 6) is 1.18. The smallest absolute Gasteiger partial charge is 0.126 e. The van der Waals surface area contributed by atoms with Gasteiger partial charge in [-0.1, -0.05) is 43.2 Å². The molecule has 2 aromatic rings. The minimum atomic E-state index is -0.468. The third-order valence-corrected chi connectivity index (χ3v) is 4.75. The van der Waals surface area contributed by atoms with Crippen LogP contribution in [0.3, 0.4) is 0 Å². The van der Waals surface area contributed by atoms with Crippen LogP contribution in [-0.2, 0) is 0 Å². The quantitative estimate of drug-likeness (QED) is 0.900. The molecule has 1 fully saturated rings. The van der Waals surface area contributed by atoms with E-state index in [4.69, 9.17) is 10.5 Å². The number of hydrogen-bond donors (Lipinski definition) is 2. The summed E-state index contributed by atoms with van der Waals surface area (Å²) in [6.07, 6.45) is 4.12. The summed E-state index contributed by atoms with van der Waals surface area (Å²) < 4.78 is 5.42. The van der Waals surface area contributed by atoms with Gasteiger partial charge in [-0.15, -0.1) is 12.4 Å². The number of hydrogen-bond acceptors (Lipinski definition) is 3. The summed E-state index contributed by atoms with van der Waals surface area (Å²) in [5, 5.41) is 12.7. The van der Waals surface area contributed by atoms with Crippen molar-refractivity contribution in [1.82, 2.24) is 0 Å². The Morgan fingerprint density at radius 1 is 1.09 bits per heavy atom. The van der Waals surface area contributed by atoms with E-state index in [2.05, 4.69) is 6.07 Å². The minimum absolute atomic E-state index is 0. The molecular weight excluding hydrogens is 298 g/mol. The van der Waals surface area contributed by atoms with E-state index in [0.29, 0.717) is 5.92 Å². The summed E-state index contributed by atoms with van der Waals surface area (Å²) in [6.45, 7) is 0. The zero-order valence-electron chi connectivity index (χ0n) is 12.9. The topological polar surface area (TPSA) is 55.5 Å². The van der Waals surface area contributed by atoms with E-state index in [0.717, 1.165) is 34.9 Å². The molecule has 4 heteroatoms. The molecule has 3 nitrogen and oxygen atoms in total. The van der Waals surface area contributed by atoms with Gasteiger partial charge < -0.3 is 15.6 Å². The molecule has 0 amide bonds. The maximum atomic E-state index is 10.6. The Labute approximate surface area is 137 Å². The minimum Gasteiger partial charge on any atom is -0.496 e. The molecule has 1 aliphatic carbocycles. The Balaban J connectivity index is 0.00000176. The Hall–Kier alpha value is -1.29. The maximum absolute atomic E-state index is 10.6. The fourth-order valence-electron chi connectivity index (χ4n) is 3.54. The Morgan fingerprint density at radius 3 is 2.36 bits per heavy atom. The van der Waals surface area contributed by atoms with Crippen LogP contribution in [0, 0.1) is 5.92 Å². The van der Waals surface area contributed by atoms with Gasteiger partial charge in [0.05, 0.1) is 19.3 Å². The number of nitrogens with two attached hydrogens (primary N) is 1. The summed E-state index contributed by atoms with van der Waals surface area (Å²) in [6, 6.07) is 11.7. The normalized spacial score (nSPS) is 18.0. The lowest BCUT2D eigenvalue weighted by Gasteiger charge is -2.26. The highest BCUT2D eigenvalue weighted by Gasteiger charge is 2.29. The molecule has 0 spiro atoms. The largest absolute Gasteiger partial charge is 0.496 e. The number of halogens is 1. The van der Waals surface area contributed by atoms with Gasteiger partial charge in [-0.3, -0.25) is 0 Å². The van der Waals surface area contributed by atoms with Gasteiger partial charge in [-0.2, -0.15) is 0 Å². The van der Waals surface area contributed by atoms with E-state index in [-0.39, 0.29) is 18.4 Å². The molecule has 0 saturated heterocycles. The first-order chi connectivity index (χ1) is 10.2. The first kappa shape index (κ1) is 17.1. The van der Waals surface area contributed by atoms with Crippen molar-refractivity contribution in [2.45, 2.75) is 37.8 Å². The highest BCUT2D eigenvalue weighted by atomic mass is 35.5. The number of rotatable bonds is 4. The highest BCUT2D eigenvalue weighted by Crippen LogP contribution is 2.36. The monoisotopic (exact) mass is 321 g/mol. The predicted octanol–water partition coefficient (Wildman–Crippen LogP) is 3.82. The highest BCUT2D eigenvalue weighted by molar-refractivity contribution is 5.91. The zero-order valence-corrected chi connectivity index (χ0v) is 13.7. The zero-order chi connectivity index (χ0) is 14.8. The lowest BCUT2D eigenvalue weighted by atomic mass is 9.88. The summed E-state index contributed by atoms with van der Waals surface area (Å²) >= 11 is 0. The number of methoxy groups -OCH3 is 1. The van der Waals surface area contributed by atoms with Gasteiger partial charge in [0.1, 0.15) is 5.75 Å². The molecule has 0 aliphatic heterocycles. The van der Waals surface area contributed by atoms with Gasteiger partial charge >= 0.3 is 0 Å². The third-order valence-electron chi connectivity index (χ3n) is 4.75. The van der Waals surface area contributed by atoms with Crippen molar-refractivity contribution in [1.29, 1.82) is 0 Å². The summed E-state index contributed by atoms with van der Waals surface area (Å²) in [5.41, 5.74) is 7.39. The van der Waals surface area contributed by atoms with Crippen LogP contribution in [0.2, 0.25) is 0 Å². The molecule has 3 N–H and O–H groups in total. The fourth-order valence-corrected chi connectivity index (χ4v) is 3.54. The van der Waals surface area contributed by atoms with Gasteiger partial charge in [-0.25, -0.2) is 0 Å².